The van der Waals surface area contributed by atoms with Crippen LogP contribution in [0, 0.1) is 0 Å². The molecule has 0 heterocycles. The van der Waals surface area contributed by atoms with Crippen LogP contribution in [0.15, 0.2) is 0 Å². The van der Waals surface area contributed by atoms with Gasteiger partial charge in [-0.1, -0.05) is 0 Å². The summed E-state index contributed by atoms with van der Waals surface area (Å²) in [6, 6.07) is 0. The Morgan fingerprint density at radius 2 is 0.389 bits per heavy atom. The summed E-state index contributed by atoms with van der Waals surface area (Å²) in [5.41, 5.74) is 0. The molecule has 6 unspecified atom stereocenters. The number of aliphatic carboxylic acids is 6. The van der Waals surface area contributed by atoms with E-state index in [1.165, 1.54) is 0 Å². The summed E-state index contributed by atoms with van der Waals surface area (Å²) in [7, 11) is 14.1. The molecule has 6 atom stereocenters. The van der Waals surface area contributed by atoms with Gasteiger partial charge in [-0.2, -0.15) is 0 Å². The second-order valence-electron chi connectivity index (χ2n) is 5.59. The summed E-state index contributed by atoms with van der Waals surface area (Å²) in [5, 5.41) is 47.4. The largest absolute Gasteiger partial charge is 0.481 e. The Bertz CT molecular complexity index is 441. The molecular weight excluding hydrogens is 594 g/mol. The molecule has 0 aliphatic heterocycles. The molecule has 0 amide bonds. The van der Waals surface area contributed by atoms with E-state index in [0.29, 0.717) is 37.0 Å². The summed E-state index contributed by atoms with van der Waals surface area (Å²) in [6.45, 7) is 0. The molecule has 0 aromatic rings. The summed E-state index contributed by atoms with van der Waals surface area (Å²) in [4.78, 5) is 57.5. The molecule has 0 saturated heterocycles. The lowest BCUT2D eigenvalue weighted by atomic mass is 10.5. The molecule has 0 fully saturated rings. The monoisotopic (exact) mass is 636 g/mol. The molecule has 0 aliphatic carbocycles. The molecule has 6 N–H and O–H groups in total. The minimum absolute atomic E-state index is 0.255. The van der Waals surface area contributed by atoms with Crippen molar-refractivity contribution in [3.8, 4) is 0 Å². The van der Waals surface area contributed by atoms with Crippen molar-refractivity contribution in [2.24, 2.45) is 0 Å². The van der Waals surface area contributed by atoms with Crippen molar-refractivity contribution in [2.75, 3.05) is 37.0 Å². The zero-order valence-electron chi connectivity index (χ0n) is 20.1. The molecule has 0 aliphatic rings. The molecular formula is C18H42O12P6. The standard InChI is InChI=1S/6C3H7O2P/c6*4-3(5)1-2-6/h6*1-2,6H2,(H,4,5). The van der Waals surface area contributed by atoms with Crippen LogP contribution in [0.5, 0.6) is 0 Å². The van der Waals surface area contributed by atoms with Gasteiger partial charge in [0.1, 0.15) is 0 Å². The summed E-state index contributed by atoms with van der Waals surface area (Å²) in [6.07, 6.45) is 5.42. The van der Waals surface area contributed by atoms with Crippen LogP contribution in [0.2, 0.25) is 0 Å². The predicted octanol–water partition coefficient (Wildman–Crippen LogP) is 2.02. The Balaban J connectivity index is -0.0000000750. The van der Waals surface area contributed by atoms with E-state index in [-0.39, 0.29) is 38.5 Å². The maximum Gasteiger partial charge on any atom is 0.303 e. The van der Waals surface area contributed by atoms with Crippen LogP contribution < -0.4 is 0 Å². The molecule has 0 radical (unpaired) electrons. The highest BCUT2D eigenvalue weighted by Crippen LogP contribution is 1.87. The number of hydrogen-bond donors (Lipinski definition) is 6. The van der Waals surface area contributed by atoms with E-state index < -0.39 is 35.8 Å². The molecule has 0 bridgehead atoms. The van der Waals surface area contributed by atoms with Gasteiger partial charge in [0.25, 0.3) is 0 Å². The first-order valence-electron chi connectivity index (χ1n) is 10.1. The lowest BCUT2D eigenvalue weighted by molar-refractivity contribution is -0.137. The summed E-state index contributed by atoms with van der Waals surface area (Å²) < 4.78 is 0. The Labute approximate surface area is 226 Å². The minimum atomic E-state index is -0.731. The number of carboxylic acids is 6. The third-order valence-electron chi connectivity index (χ3n) is 2.15. The molecule has 18 heteroatoms. The highest BCUT2D eigenvalue weighted by molar-refractivity contribution is 7.17. The van der Waals surface area contributed by atoms with Crippen molar-refractivity contribution in [1.82, 2.24) is 0 Å². The van der Waals surface area contributed by atoms with Crippen LogP contribution in [-0.4, -0.2) is 103 Å². The zero-order chi connectivity index (χ0) is 29.9. The van der Waals surface area contributed by atoms with E-state index >= 15 is 0 Å². The van der Waals surface area contributed by atoms with E-state index in [9.17, 15) is 28.8 Å². The van der Waals surface area contributed by atoms with Crippen LogP contribution in [0.3, 0.4) is 0 Å². The van der Waals surface area contributed by atoms with Crippen LogP contribution >= 0.6 is 55.4 Å². The van der Waals surface area contributed by atoms with Crippen molar-refractivity contribution in [1.29, 1.82) is 0 Å². The third-order valence-corrected chi connectivity index (χ3v) is 3.88. The lowest BCUT2D eigenvalue weighted by Gasteiger charge is -1.79. The van der Waals surface area contributed by atoms with Gasteiger partial charge in [-0.15, -0.1) is 55.4 Å². The van der Waals surface area contributed by atoms with Crippen molar-refractivity contribution in [2.45, 2.75) is 38.5 Å². The molecule has 0 rings (SSSR count). The van der Waals surface area contributed by atoms with Gasteiger partial charge in [0.05, 0.1) is 0 Å². The van der Waals surface area contributed by atoms with E-state index in [1.54, 1.807) is 0 Å². The van der Waals surface area contributed by atoms with Crippen LogP contribution in [-0.2, 0) is 28.8 Å². The maximum atomic E-state index is 9.59. The predicted molar refractivity (Wildman–Crippen MR) is 161 cm³/mol. The Hall–Kier alpha value is -0.600. The van der Waals surface area contributed by atoms with Gasteiger partial charge in [0.2, 0.25) is 0 Å². The van der Waals surface area contributed by atoms with E-state index in [1.807, 2.05) is 0 Å². The normalized spacial score (nSPS) is 8.17. The van der Waals surface area contributed by atoms with Crippen molar-refractivity contribution in [3.63, 3.8) is 0 Å². The second-order valence-corrected chi connectivity index (χ2v) is 9.06. The highest BCUT2D eigenvalue weighted by Gasteiger charge is 1.90. The Morgan fingerprint density at radius 1 is 0.306 bits per heavy atom. The molecule has 0 aromatic carbocycles. The van der Waals surface area contributed by atoms with Gasteiger partial charge in [0.15, 0.2) is 0 Å². The first kappa shape index (κ1) is 48.5. The van der Waals surface area contributed by atoms with Gasteiger partial charge in [0, 0.05) is 38.5 Å². The SMILES string of the molecule is O=C(O)CCP.O=C(O)CCP.O=C(O)CCP.O=C(O)CCP.O=C(O)CCP.O=C(O)CCP. The zero-order valence-corrected chi connectivity index (χ0v) is 27.0. The topological polar surface area (TPSA) is 224 Å². The lowest BCUT2D eigenvalue weighted by Crippen LogP contribution is -1.92. The van der Waals surface area contributed by atoms with Crippen molar-refractivity contribution in [3.05, 3.63) is 0 Å². The van der Waals surface area contributed by atoms with Crippen LogP contribution in [0.1, 0.15) is 38.5 Å². The maximum absolute atomic E-state index is 9.59. The summed E-state index contributed by atoms with van der Waals surface area (Å²) in [5.74, 6) is -4.39. The first-order valence-corrected chi connectivity index (χ1v) is 15.0. The second kappa shape index (κ2) is 44.4. The molecule has 36 heavy (non-hydrogen) atoms. The molecule has 12 nitrogen and oxygen atoms in total. The van der Waals surface area contributed by atoms with Gasteiger partial charge in [-0.05, 0) is 37.0 Å². The molecule has 0 aromatic heterocycles. The van der Waals surface area contributed by atoms with Gasteiger partial charge < -0.3 is 30.6 Å². The molecule has 0 saturated carbocycles. The van der Waals surface area contributed by atoms with Gasteiger partial charge in [-0.25, -0.2) is 0 Å². The third kappa shape index (κ3) is 116. The fourth-order valence-electron chi connectivity index (χ4n) is 0.741. The Kier molecular flexibility index (Phi) is 59.8. The van der Waals surface area contributed by atoms with Crippen molar-refractivity contribution >= 4 is 91.3 Å². The molecule has 0 spiro atoms. The number of hydrogen-bond acceptors (Lipinski definition) is 6. The van der Waals surface area contributed by atoms with E-state index in [0.717, 1.165) is 0 Å². The summed E-state index contributed by atoms with van der Waals surface area (Å²) >= 11 is 0. The van der Waals surface area contributed by atoms with Gasteiger partial charge in [-0.3, -0.25) is 28.8 Å². The Morgan fingerprint density at radius 3 is 0.389 bits per heavy atom. The minimum Gasteiger partial charge on any atom is -0.481 e. The quantitative estimate of drug-likeness (QED) is 0.169. The van der Waals surface area contributed by atoms with Crippen molar-refractivity contribution < 1.29 is 59.4 Å². The van der Waals surface area contributed by atoms with Gasteiger partial charge >= 0.3 is 35.8 Å². The number of carboxylic acid groups (broad SMARTS) is 6. The van der Waals surface area contributed by atoms with E-state index in [4.69, 9.17) is 30.6 Å². The highest BCUT2D eigenvalue weighted by atomic mass is 31.0. The fourth-order valence-corrected chi connectivity index (χ4v) is 2.22. The fraction of sp³-hybridized carbons (Fsp3) is 0.667. The number of carbonyl (C=O) groups is 6. The average molecular weight is 636 g/mol. The van der Waals surface area contributed by atoms with Crippen LogP contribution in [0.25, 0.3) is 0 Å². The van der Waals surface area contributed by atoms with E-state index in [2.05, 4.69) is 55.4 Å². The smallest absolute Gasteiger partial charge is 0.303 e. The number of rotatable bonds is 12. The van der Waals surface area contributed by atoms with Crippen LogP contribution in [0.4, 0.5) is 0 Å². The molecule has 216 valence electrons. The first-order chi connectivity index (χ1) is 16.6. The average Bonchev–Trinajstić information content (AvgIpc) is 2.69.